The van der Waals surface area contributed by atoms with Crippen LogP contribution in [0.2, 0.25) is 0 Å². The number of aryl methyl sites for hydroxylation is 1. The van der Waals surface area contributed by atoms with Crippen LogP contribution in [0.25, 0.3) is 10.2 Å². The maximum Gasteiger partial charge on any atom is 0.278 e. The second-order valence-corrected chi connectivity index (χ2v) is 7.46. The molecule has 0 spiro atoms. The minimum atomic E-state index is -0.116. The fourth-order valence-electron chi connectivity index (χ4n) is 3.23. The van der Waals surface area contributed by atoms with E-state index >= 15 is 0 Å². The molecule has 27 heavy (non-hydrogen) atoms. The SMILES string of the molecule is CCOc1ccc2nc(N(CC3CCCO3)C(=O)c3ccnn3C)sc2c1. The summed E-state index contributed by atoms with van der Waals surface area (Å²) < 4.78 is 13.9. The number of fused-ring (bicyclic) bond motifs is 1. The van der Waals surface area contributed by atoms with Crippen LogP contribution in [0.15, 0.2) is 30.5 Å². The Labute approximate surface area is 161 Å². The van der Waals surface area contributed by atoms with E-state index < -0.39 is 0 Å². The van der Waals surface area contributed by atoms with E-state index in [2.05, 4.69) is 5.10 Å². The van der Waals surface area contributed by atoms with Gasteiger partial charge >= 0.3 is 0 Å². The van der Waals surface area contributed by atoms with Gasteiger partial charge in [0.15, 0.2) is 5.13 Å². The Morgan fingerprint density at radius 1 is 1.44 bits per heavy atom. The monoisotopic (exact) mass is 386 g/mol. The molecule has 8 heteroatoms. The van der Waals surface area contributed by atoms with Crippen molar-refractivity contribution in [2.45, 2.75) is 25.9 Å². The maximum atomic E-state index is 13.2. The molecule has 0 aliphatic carbocycles. The molecule has 1 aromatic carbocycles. The molecular weight excluding hydrogens is 364 g/mol. The van der Waals surface area contributed by atoms with E-state index in [9.17, 15) is 4.79 Å². The third-order valence-corrected chi connectivity index (χ3v) is 5.63. The fourth-order valence-corrected chi connectivity index (χ4v) is 4.23. The lowest BCUT2D eigenvalue weighted by molar-refractivity contribution is 0.0909. The van der Waals surface area contributed by atoms with Gasteiger partial charge in [-0.25, -0.2) is 4.98 Å². The van der Waals surface area contributed by atoms with Crippen LogP contribution in [0.5, 0.6) is 5.75 Å². The first-order valence-corrected chi connectivity index (χ1v) is 9.92. The van der Waals surface area contributed by atoms with E-state index in [0.717, 1.165) is 35.4 Å². The lowest BCUT2D eigenvalue weighted by Gasteiger charge is -2.22. The number of benzene rings is 1. The summed E-state index contributed by atoms with van der Waals surface area (Å²) in [7, 11) is 1.77. The fraction of sp³-hybridized carbons (Fsp3) is 0.421. The number of carbonyl (C=O) groups excluding carboxylic acids is 1. The molecule has 1 fully saturated rings. The van der Waals surface area contributed by atoms with Gasteiger partial charge in [-0.15, -0.1) is 0 Å². The van der Waals surface area contributed by atoms with E-state index in [1.807, 2.05) is 25.1 Å². The van der Waals surface area contributed by atoms with Gasteiger partial charge in [-0.05, 0) is 44.0 Å². The smallest absolute Gasteiger partial charge is 0.278 e. The van der Waals surface area contributed by atoms with Gasteiger partial charge in [0, 0.05) is 19.9 Å². The molecule has 1 saturated heterocycles. The lowest BCUT2D eigenvalue weighted by Crippen LogP contribution is -2.38. The molecule has 1 aliphatic heterocycles. The summed E-state index contributed by atoms with van der Waals surface area (Å²) in [6.45, 7) is 3.80. The number of hydrogen-bond donors (Lipinski definition) is 0. The molecule has 142 valence electrons. The number of ether oxygens (including phenoxy) is 2. The average molecular weight is 386 g/mol. The van der Waals surface area contributed by atoms with Gasteiger partial charge in [0.05, 0.1) is 29.5 Å². The van der Waals surface area contributed by atoms with Crippen LogP contribution >= 0.6 is 11.3 Å². The van der Waals surface area contributed by atoms with E-state index in [1.165, 1.54) is 11.3 Å². The minimum Gasteiger partial charge on any atom is -0.494 e. The zero-order valence-electron chi connectivity index (χ0n) is 15.4. The van der Waals surface area contributed by atoms with Crippen LogP contribution in [0.1, 0.15) is 30.3 Å². The van der Waals surface area contributed by atoms with E-state index in [0.29, 0.717) is 24.0 Å². The predicted molar refractivity (Wildman–Crippen MR) is 105 cm³/mol. The number of carbonyl (C=O) groups is 1. The van der Waals surface area contributed by atoms with E-state index in [4.69, 9.17) is 14.5 Å². The highest BCUT2D eigenvalue weighted by atomic mass is 32.1. The Balaban J connectivity index is 1.69. The molecule has 0 N–H and O–H groups in total. The van der Waals surface area contributed by atoms with Gasteiger partial charge < -0.3 is 9.47 Å². The second-order valence-electron chi connectivity index (χ2n) is 6.45. The highest BCUT2D eigenvalue weighted by Crippen LogP contribution is 2.33. The largest absolute Gasteiger partial charge is 0.494 e. The molecule has 3 heterocycles. The molecule has 7 nitrogen and oxygen atoms in total. The minimum absolute atomic E-state index is 0.0353. The van der Waals surface area contributed by atoms with Gasteiger partial charge in [0.2, 0.25) is 0 Å². The van der Waals surface area contributed by atoms with E-state index in [-0.39, 0.29) is 12.0 Å². The van der Waals surface area contributed by atoms with Crippen molar-refractivity contribution in [1.82, 2.24) is 14.8 Å². The number of amides is 1. The molecular formula is C19H22N4O3S. The molecule has 0 saturated carbocycles. The molecule has 0 bridgehead atoms. The van der Waals surface area contributed by atoms with Crippen molar-refractivity contribution in [2.24, 2.45) is 7.05 Å². The van der Waals surface area contributed by atoms with Crippen molar-refractivity contribution in [3.63, 3.8) is 0 Å². The maximum absolute atomic E-state index is 13.2. The second kappa shape index (κ2) is 7.66. The predicted octanol–water partition coefficient (Wildman–Crippen LogP) is 3.25. The molecule has 1 unspecified atom stereocenters. The standard InChI is InChI=1S/C19H22N4O3S/c1-3-25-13-6-7-15-17(11-13)27-19(21-15)23(12-14-5-4-10-26-14)18(24)16-8-9-20-22(16)2/h6-9,11,14H,3-5,10,12H2,1-2H3. The van der Waals surface area contributed by atoms with Gasteiger partial charge in [0.1, 0.15) is 11.4 Å². The molecule has 1 atom stereocenters. The van der Waals surface area contributed by atoms with Crippen molar-refractivity contribution in [2.75, 3.05) is 24.7 Å². The van der Waals surface area contributed by atoms with Crippen molar-refractivity contribution in [3.05, 3.63) is 36.2 Å². The summed E-state index contributed by atoms with van der Waals surface area (Å²) in [4.78, 5) is 19.6. The van der Waals surface area contributed by atoms with Crippen molar-refractivity contribution >= 4 is 32.6 Å². The van der Waals surface area contributed by atoms with Gasteiger partial charge in [-0.1, -0.05) is 11.3 Å². The Morgan fingerprint density at radius 3 is 3.04 bits per heavy atom. The highest BCUT2D eigenvalue weighted by Gasteiger charge is 2.28. The van der Waals surface area contributed by atoms with Crippen molar-refractivity contribution in [3.8, 4) is 5.75 Å². The molecule has 3 aromatic rings. The van der Waals surface area contributed by atoms with Crippen LogP contribution in [0.4, 0.5) is 5.13 Å². The van der Waals surface area contributed by atoms with Gasteiger partial charge in [-0.2, -0.15) is 5.10 Å². The quantitative estimate of drug-likeness (QED) is 0.650. The van der Waals surface area contributed by atoms with Crippen LogP contribution in [-0.4, -0.2) is 46.5 Å². The first-order chi connectivity index (χ1) is 13.2. The zero-order chi connectivity index (χ0) is 18.8. The number of hydrogen-bond acceptors (Lipinski definition) is 6. The average Bonchev–Trinajstić information content (AvgIpc) is 3.39. The Bertz CT molecular complexity index is 945. The van der Waals surface area contributed by atoms with Gasteiger partial charge in [-0.3, -0.25) is 14.4 Å². The van der Waals surface area contributed by atoms with E-state index in [1.54, 1.807) is 28.9 Å². The molecule has 2 aromatic heterocycles. The van der Waals surface area contributed by atoms with Crippen molar-refractivity contribution < 1.29 is 14.3 Å². The Morgan fingerprint density at radius 2 is 2.33 bits per heavy atom. The summed E-state index contributed by atoms with van der Waals surface area (Å²) in [6.07, 6.45) is 3.64. The Hall–Kier alpha value is -2.45. The molecule has 1 aliphatic rings. The lowest BCUT2D eigenvalue weighted by atomic mass is 10.2. The Kier molecular flexibility index (Phi) is 5.09. The molecule has 4 rings (SSSR count). The number of thiazole rings is 1. The summed E-state index contributed by atoms with van der Waals surface area (Å²) >= 11 is 1.49. The summed E-state index contributed by atoms with van der Waals surface area (Å²) in [5.74, 6) is 0.693. The van der Waals surface area contributed by atoms with Crippen LogP contribution in [0.3, 0.4) is 0 Å². The summed E-state index contributed by atoms with van der Waals surface area (Å²) in [5.41, 5.74) is 1.39. The summed E-state index contributed by atoms with van der Waals surface area (Å²) in [5, 5.41) is 4.79. The topological polar surface area (TPSA) is 69.5 Å². The normalized spacial score (nSPS) is 16.7. The molecule has 0 radical (unpaired) electrons. The number of aromatic nitrogens is 3. The first kappa shape index (κ1) is 17.9. The zero-order valence-corrected chi connectivity index (χ0v) is 16.2. The van der Waals surface area contributed by atoms with Gasteiger partial charge in [0.25, 0.3) is 5.91 Å². The van der Waals surface area contributed by atoms with Crippen LogP contribution < -0.4 is 9.64 Å². The number of rotatable bonds is 6. The molecule has 1 amide bonds. The third-order valence-electron chi connectivity index (χ3n) is 4.59. The van der Waals surface area contributed by atoms with Crippen LogP contribution in [0, 0.1) is 0 Å². The first-order valence-electron chi connectivity index (χ1n) is 9.10. The van der Waals surface area contributed by atoms with Crippen molar-refractivity contribution in [1.29, 1.82) is 0 Å². The number of nitrogens with zero attached hydrogens (tertiary/aromatic N) is 4. The summed E-state index contributed by atoms with van der Waals surface area (Å²) in [6, 6.07) is 7.53. The highest BCUT2D eigenvalue weighted by molar-refractivity contribution is 7.22. The number of anilines is 1. The third kappa shape index (κ3) is 3.68. The van der Waals surface area contributed by atoms with Crippen LogP contribution in [-0.2, 0) is 11.8 Å².